The fourth-order valence-corrected chi connectivity index (χ4v) is 10.8. The third kappa shape index (κ3) is 15.9. The van der Waals surface area contributed by atoms with Crippen LogP contribution in [-0.4, -0.2) is 84.6 Å². The Bertz CT molecular complexity index is 2650. The first-order valence-corrected chi connectivity index (χ1v) is 29.2. The Kier molecular flexibility index (Phi) is 20.6. The van der Waals surface area contributed by atoms with Crippen molar-refractivity contribution in [3.8, 4) is 23.0 Å². The van der Waals surface area contributed by atoms with Crippen LogP contribution in [0.5, 0.6) is 23.0 Å². The van der Waals surface area contributed by atoms with Gasteiger partial charge < -0.3 is 48.8 Å². The standard InChI is InChI=1S/C43H64O10.C26H38O2/c1-25-15-29(17-31(33(25)44)39(5,6)7)27(3)35(46)48-19-41(11,12)37-50-21-43(22-51-37)23-52-38(53-24-43)42(13,14)20-49-36(47)28(4)30-16-26(2)34(45)32(18-30)40(8,9)10;1-10-11-18(19-14-21(25(4,5)6)23(27)12-16(19)2)20-15-22(26(7,8)9)24(28)13-17(20)3/h15-18,27-28,37-38,44-45H,19-24H2,1-14H3;12-15,18,27-28H,10-11H2,1-9H3. The van der Waals surface area contributed by atoms with Crippen LogP contribution in [-0.2, 0) is 59.7 Å². The molecule has 450 valence electrons. The van der Waals surface area contributed by atoms with E-state index in [2.05, 4.69) is 74.4 Å². The quantitative estimate of drug-likeness (QED) is 0.0883. The number of hydrogen-bond acceptors (Lipinski definition) is 12. The molecule has 2 fully saturated rings. The lowest BCUT2D eigenvalue weighted by atomic mass is 9.76. The molecule has 2 atom stereocenters. The highest BCUT2D eigenvalue weighted by atomic mass is 16.7. The molecule has 4 aromatic carbocycles. The monoisotopic (exact) mass is 1120 g/mol. The van der Waals surface area contributed by atoms with Gasteiger partial charge in [0, 0.05) is 16.7 Å². The van der Waals surface area contributed by atoms with Crippen LogP contribution in [0.1, 0.15) is 229 Å². The molecule has 0 aliphatic carbocycles. The van der Waals surface area contributed by atoms with Crippen molar-refractivity contribution in [2.24, 2.45) is 16.2 Å². The van der Waals surface area contributed by atoms with Crippen LogP contribution in [0.15, 0.2) is 48.5 Å². The molecule has 1 spiro atoms. The summed E-state index contributed by atoms with van der Waals surface area (Å²) in [5.74, 6) is -0.252. The highest BCUT2D eigenvalue weighted by Gasteiger charge is 2.48. The Morgan fingerprint density at radius 1 is 0.494 bits per heavy atom. The molecule has 2 heterocycles. The van der Waals surface area contributed by atoms with Gasteiger partial charge in [-0.25, -0.2) is 0 Å². The van der Waals surface area contributed by atoms with Crippen molar-refractivity contribution < 1.29 is 58.4 Å². The maximum Gasteiger partial charge on any atom is 0.313 e. The lowest BCUT2D eigenvalue weighted by Gasteiger charge is -2.48. The fourth-order valence-electron chi connectivity index (χ4n) is 10.8. The van der Waals surface area contributed by atoms with Crippen LogP contribution in [0.2, 0.25) is 0 Å². The molecule has 0 aromatic heterocycles. The number of rotatable bonds is 14. The van der Waals surface area contributed by atoms with Crippen LogP contribution in [0.4, 0.5) is 0 Å². The number of phenols is 4. The van der Waals surface area contributed by atoms with Crippen molar-refractivity contribution in [1.82, 2.24) is 0 Å². The Hall–Kier alpha value is -5.14. The van der Waals surface area contributed by atoms with Crippen molar-refractivity contribution >= 4 is 11.9 Å². The molecule has 12 nitrogen and oxygen atoms in total. The summed E-state index contributed by atoms with van der Waals surface area (Å²) in [4.78, 5) is 26.4. The van der Waals surface area contributed by atoms with Gasteiger partial charge in [-0.1, -0.05) is 161 Å². The van der Waals surface area contributed by atoms with Gasteiger partial charge in [-0.2, -0.15) is 0 Å². The van der Waals surface area contributed by atoms with Crippen molar-refractivity contribution in [2.45, 2.75) is 224 Å². The maximum absolute atomic E-state index is 13.2. The van der Waals surface area contributed by atoms with E-state index in [9.17, 15) is 30.0 Å². The van der Waals surface area contributed by atoms with E-state index in [1.807, 2.05) is 133 Å². The molecule has 2 aliphatic heterocycles. The first kappa shape index (κ1) is 66.7. The number of carbonyl (C=O) groups excluding carboxylic acids is 2. The van der Waals surface area contributed by atoms with Gasteiger partial charge in [0.1, 0.15) is 36.2 Å². The highest BCUT2D eigenvalue weighted by molar-refractivity contribution is 5.79. The van der Waals surface area contributed by atoms with Gasteiger partial charge >= 0.3 is 11.9 Å². The molecule has 4 N–H and O–H groups in total. The van der Waals surface area contributed by atoms with Crippen LogP contribution in [0.25, 0.3) is 0 Å². The van der Waals surface area contributed by atoms with E-state index in [0.717, 1.165) is 68.5 Å². The molecule has 2 aliphatic rings. The van der Waals surface area contributed by atoms with E-state index >= 15 is 0 Å². The van der Waals surface area contributed by atoms with Crippen molar-refractivity contribution in [3.05, 3.63) is 115 Å². The molecule has 4 aromatic rings. The summed E-state index contributed by atoms with van der Waals surface area (Å²) in [7, 11) is 0. The van der Waals surface area contributed by atoms with Crippen molar-refractivity contribution in [1.29, 1.82) is 0 Å². The molecular weight excluding hydrogens is 1020 g/mol. The minimum atomic E-state index is -0.631. The van der Waals surface area contributed by atoms with Gasteiger partial charge in [-0.15, -0.1) is 0 Å². The number of carbonyl (C=O) groups is 2. The summed E-state index contributed by atoms with van der Waals surface area (Å²) in [5, 5.41) is 42.3. The number of esters is 2. The van der Waals surface area contributed by atoms with Crippen LogP contribution >= 0.6 is 0 Å². The average Bonchev–Trinajstić information content (AvgIpc) is 3.40. The lowest BCUT2D eigenvalue weighted by molar-refractivity contribution is -0.337. The largest absolute Gasteiger partial charge is 0.508 e. The summed E-state index contributed by atoms with van der Waals surface area (Å²) in [6, 6.07) is 15.7. The molecule has 0 bridgehead atoms. The molecule has 0 saturated carbocycles. The topological polar surface area (TPSA) is 170 Å². The van der Waals surface area contributed by atoms with Gasteiger partial charge in [-0.05, 0) is 149 Å². The van der Waals surface area contributed by atoms with E-state index in [1.165, 1.54) is 11.1 Å². The van der Waals surface area contributed by atoms with Crippen LogP contribution in [0, 0.1) is 43.9 Å². The first-order chi connectivity index (χ1) is 37.0. The number of ether oxygens (including phenoxy) is 6. The summed E-state index contributed by atoms with van der Waals surface area (Å²) in [6.07, 6.45) is 0.893. The molecule has 81 heavy (non-hydrogen) atoms. The lowest BCUT2D eigenvalue weighted by Crippen LogP contribution is -2.57. The second-order valence-electron chi connectivity index (χ2n) is 29.3. The molecule has 12 heteroatoms. The molecular formula is C69H102O12. The number of phenolic OH excluding ortho intramolecular Hbond substituents is 4. The zero-order valence-corrected chi connectivity index (χ0v) is 53.7. The number of benzene rings is 4. The number of aromatic hydroxyl groups is 4. The SMILES string of the molecule is CCCC(c1cc(C(C)(C)C)c(O)cc1C)c1cc(C(C)(C)C)c(O)cc1C.Cc1cc(C(C)C(=O)OCC(C)(C)C2OCC3(CO2)COC(C(C)(C)COC(=O)C(C)c2cc(C)c(O)c(C(C)(C)C)c2)OC3)cc(C(C)(C)C)c1O. The van der Waals surface area contributed by atoms with Crippen LogP contribution in [0.3, 0.4) is 0 Å². The van der Waals surface area contributed by atoms with Crippen molar-refractivity contribution in [2.75, 3.05) is 39.6 Å². The Labute approximate surface area is 486 Å². The fraction of sp³-hybridized carbons (Fsp3) is 0.623. The zero-order chi connectivity index (χ0) is 61.3. The summed E-state index contributed by atoms with van der Waals surface area (Å²) >= 11 is 0. The van der Waals surface area contributed by atoms with E-state index in [4.69, 9.17) is 28.4 Å². The van der Waals surface area contributed by atoms with E-state index in [0.29, 0.717) is 37.9 Å². The molecule has 0 radical (unpaired) electrons. The number of hydrogen-bond donors (Lipinski definition) is 4. The van der Waals surface area contributed by atoms with Crippen molar-refractivity contribution in [3.63, 3.8) is 0 Å². The second-order valence-corrected chi connectivity index (χ2v) is 29.3. The summed E-state index contributed by atoms with van der Waals surface area (Å²) in [6.45, 7) is 48.0. The van der Waals surface area contributed by atoms with Crippen LogP contribution < -0.4 is 0 Å². The van der Waals surface area contributed by atoms with Gasteiger partial charge in [0.2, 0.25) is 0 Å². The predicted octanol–water partition coefficient (Wildman–Crippen LogP) is 15.3. The Balaban J connectivity index is 0.000000361. The van der Waals surface area contributed by atoms with Gasteiger partial charge in [-0.3, -0.25) is 9.59 Å². The zero-order valence-electron chi connectivity index (χ0n) is 53.7. The molecule has 0 amide bonds. The molecule has 2 unspecified atom stereocenters. The minimum Gasteiger partial charge on any atom is -0.508 e. The Morgan fingerprint density at radius 2 is 0.802 bits per heavy atom. The normalized spacial score (nSPS) is 19.2. The van der Waals surface area contributed by atoms with Gasteiger partial charge in [0.15, 0.2) is 12.6 Å². The predicted molar refractivity (Wildman–Crippen MR) is 323 cm³/mol. The van der Waals surface area contributed by atoms with Gasteiger partial charge in [0.25, 0.3) is 0 Å². The third-order valence-corrected chi connectivity index (χ3v) is 16.3. The highest BCUT2D eigenvalue weighted by Crippen LogP contribution is 2.45. The van der Waals surface area contributed by atoms with E-state index < -0.39 is 40.7 Å². The molecule has 6 rings (SSSR count). The average molecular weight is 1120 g/mol. The smallest absolute Gasteiger partial charge is 0.313 e. The maximum atomic E-state index is 13.2. The second kappa shape index (κ2) is 25.0. The third-order valence-electron chi connectivity index (χ3n) is 16.3. The number of aryl methyl sites for hydroxylation is 4. The summed E-state index contributed by atoms with van der Waals surface area (Å²) in [5.41, 5.74) is 8.82. The minimum absolute atomic E-state index is 0.0989. The molecule has 2 saturated heterocycles. The first-order valence-electron chi connectivity index (χ1n) is 29.2. The van der Waals surface area contributed by atoms with E-state index in [-0.39, 0.29) is 64.2 Å². The Morgan fingerprint density at radius 3 is 1.09 bits per heavy atom. The summed E-state index contributed by atoms with van der Waals surface area (Å²) < 4.78 is 36.5. The van der Waals surface area contributed by atoms with Gasteiger partial charge in [0.05, 0.1) is 43.7 Å². The van der Waals surface area contributed by atoms with E-state index in [1.54, 1.807) is 0 Å².